The van der Waals surface area contributed by atoms with Crippen LogP contribution in [0.25, 0.3) is 0 Å². The Kier molecular flexibility index (Phi) is 7.56. The van der Waals surface area contributed by atoms with Crippen LogP contribution in [0.15, 0.2) is 12.2 Å². The molecule has 0 heterocycles. The Labute approximate surface area is 89.4 Å². The van der Waals surface area contributed by atoms with Gasteiger partial charge in [0.15, 0.2) is 0 Å². The highest BCUT2D eigenvalue weighted by atomic mass is 19.4. The van der Waals surface area contributed by atoms with Gasteiger partial charge in [-0.3, -0.25) is 0 Å². The largest absolute Gasteiger partial charge is 0.506 e. The fraction of sp³-hybridized carbons (Fsp3) is 0.800. The summed E-state index contributed by atoms with van der Waals surface area (Å²) in [5.41, 5.74) is 0. The van der Waals surface area contributed by atoms with Crippen LogP contribution in [0, 0.1) is 0 Å². The molecular weight excluding hydrogens is 204 g/mol. The lowest BCUT2D eigenvalue weighted by atomic mass is 9.79. The van der Waals surface area contributed by atoms with E-state index in [4.69, 9.17) is 5.11 Å². The molecular formula is C10H19BF3O-. The molecule has 1 atom stereocenters. The van der Waals surface area contributed by atoms with E-state index in [9.17, 15) is 12.9 Å². The molecule has 0 amide bonds. The monoisotopic (exact) mass is 223 g/mol. The second kappa shape index (κ2) is 7.80. The maximum Gasteiger partial charge on any atom is 0.506 e. The van der Waals surface area contributed by atoms with E-state index in [1.54, 1.807) is 0 Å². The number of rotatable bonds is 8. The topological polar surface area (TPSA) is 20.2 Å². The van der Waals surface area contributed by atoms with Crippen LogP contribution < -0.4 is 0 Å². The standard InChI is InChI=1S/C10H19BF3O/c1-2-3-4-5-6-7-8-9-10(15)11(12,13)14/h3-4,10,15H,2,5-9H2,1H3/q-1/b4-3-. The van der Waals surface area contributed by atoms with Crippen molar-refractivity contribution < 1.29 is 18.1 Å². The van der Waals surface area contributed by atoms with Gasteiger partial charge in [0.05, 0.1) is 0 Å². The molecule has 0 aromatic carbocycles. The maximum atomic E-state index is 11.9. The SMILES string of the molecule is CC/C=C\CCCCCC(O)[B-](F)(F)F. The van der Waals surface area contributed by atoms with Crippen LogP contribution in [-0.4, -0.2) is 18.1 Å². The smallest absolute Gasteiger partial charge is 0.447 e. The highest BCUT2D eigenvalue weighted by Gasteiger charge is 2.32. The van der Waals surface area contributed by atoms with Crippen LogP contribution in [0.4, 0.5) is 12.9 Å². The van der Waals surface area contributed by atoms with Crippen molar-refractivity contribution in [3.05, 3.63) is 12.2 Å². The lowest BCUT2D eigenvalue weighted by Crippen LogP contribution is -2.34. The van der Waals surface area contributed by atoms with Crippen LogP contribution in [0.3, 0.4) is 0 Å². The molecule has 0 saturated carbocycles. The van der Waals surface area contributed by atoms with E-state index >= 15 is 0 Å². The molecule has 0 spiro atoms. The summed E-state index contributed by atoms with van der Waals surface area (Å²) in [6.45, 7) is -3.02. The van der Waals surface area contributed by atoms with E-state index in [0.29, 0.717) is 6.42 Å². The van der Waals surface area contributed by atoms with Crippen molar-refractivity contribution in [1.29, 1.82) is 0 Å². The van der Waals surface area contributed by atoms with Gasteiger partial charge in [-0.2, -0.15) is 0 Å². The van der Waals surface area contributed by atoms with E-state index in [-0.39, 0.29) is 6.42 Å². The van der Waals surface area contributed by atoms with Gasteiger partial charge in [-0.05, 0) is 19.3 Å². The van der Waals surface area contributed by atoms with Gasteiger partial charge in [-0.1, -0.05) is 38.3 Å². The molecule has 1 N–H and O–H groups in total. The Morgan fingerprint density at radius 2 is 1.80 bits per heavy atom. The van der Waals surface area contributed by atoms with Gasteiger partial charge in [0.2, 0.25) is 0 Å². The van der Waals surface area contributed by atoms with Crippen LogP contribution >= 0.6 is 0 Å². The number of unbranched alkanes of at least 4 members (excludes halogenated alkanes) is 3. The molecule has 0 aromatic heterocycles. The first kappa shape index (κ1) is 14.6. The summed E-state index contributed by atoms with van der Waals surface area (Å²) in [7, 11) is 0. The summed E-state index contributed by atoms with van der Waals surface area (Å²) in [6, 6.07) is -2.09. The van der Waals surface area contributed by atoms with E-state index in [2.05, 4.69) is 0 Å². The molecule has 90 valence electrons. The van der Waals surface area contributed by atoms with Crippen LogP contribution in [-0.2, 0) is 0 Å². The molecule has 0 rings (SSSR count). The lowest BCUT2D eigenvalue weighted by molar-refractivity contribution is 0.181. The predicted molar refractivity (Wildman–Crippen MR) is 57.6 cm³/mol. The molecule has 1 nitrogen and oxygen atoms in total. The van der Waals surface area contributed by atoms with Gasteiger partial charge in [-0.15, -0.1) is 0 Å². The minimum atomic E-state index is -5.06. The first-order chi connectivity index (χ1) is 6.98. The number of aliphatic hydroxyl groups is 1. The van der Waals surface area contributed by atoms with Crippen molar-refractivity contribution >= 4 is 6.98 Å². The molecule has 1 unspecified atom stereocenters. The van der Waals surface area contributed by atoms with Crippen LogP contribution in [0.2, 0.25) is 0 Å². The summed E-state index contributed by atoms with van der Waals surface area (Å²) in [4.78, 5) is 0. The second-order valence-corrected chi connectivity index (χ2v) is 3.71. The van der Waals surface area contributed by atoms with Gasteiger partial charge in [0.1, 0.15) is 0 Å². The summed E-state index contributed by atoms with van der Waals surface area (Å²) in [5, 5.41) is 8.72. The van der Waals surface area contributed by atoms with Crippen molar-refractivity contribution in [2.75, 3.05) is 0 Å². The zero-order chi connectivity index (χ0) is 11.7. The molecule has 0 saturated heterocycles. The van der Waals surface area contributed by atoms with Gasteiger partial charge >= 0.3 is 6.98 Å². The minimum Gasteiger partial charge on any atom is -0.447 e. The minimum absolute atomic E-state index is 0.152. The average molecular weight is 223 g/mol. The number of aliphatic hydroxyl groups excluding tert-OH is 1. The molecule has 0 aliphatic heterocycles. The van der Waals surface area contributed by atoms with E-state index in [1.165, 1.54) is 0 Å². The molecule has 0 aliphatic rings. The predicted octanol–water partition coefficient (Wildman–Crippen LogP) is 3.65. The van der Waals surface area contributed by atoms with Crippen molar-refractivity contribution in [1.82, 2.24) is 0 Å². The first-order valence-corrected chi connectivity index (χ1v) is 5.51. The van der Waals surface area contributed by atoms with Crippen molar-refractivity contribution in [2.45, 2.75) is 51.5 Å². The molecule has 15 heavy (non-hydrogen) atoms. The maximum absolute atomic E-state index is 11.9. The van der Waals surface area contributed by atoms with Crippen molar-refractivity contribution in [2.24, 2.45) is 0 Å². The van der Waals surface area contributed by atoms with Gasteiger partial charge in [0, 0.05) is 6.00 Å². The molecule has 0 fully saturated rings. The quantitative estimate of drug-likeness (QED) is 0.378. The van der Waals surface area contributed by atoms with E-state index in [0.717, 1.165) is 25.7 Å². The van der Waals surface area contributed by atoms with Gasteiger partial charge in [-0.25, -0.2) is 0 Å². The summed E-state index contributed by atoms with van der Waals surface area (Å²) in [6.07, 6.45) is 7.95. The average Bonchev–Trinajstić information content (AvgIpc) is 2.14. The van der Waals surface area contributed by atoms with Gasteiger partial charge < -0.3 is 18.1 Å². The van der Waals surface area contributed by atoms with Crippen molar-refractivity contribution in [3.63, 3.8) is 0 Å². The van der Waals surface area contributed by atoms with Crippen LogP contribution in [0.5, 0.6) is 0 Å². The second-order valence-electron chi connectivity index (χ2n) is 3.71. The third-order valence-electron chi connectivity index (χ3n) is 2.21. The summed E-state index contributed by atoms with van der Waals surface area (Å²) >= 11 is 0. The number of hydrogen-bond acceptors (Lipinski definition) is 1. The zero-order valence-electron chi connectivity index (χ0n) is 9.13. The number of hydrogen-bond donors (Lipinski definition) is 1. The zero-order valence-corrected chi connectivity index (χ0v) is 9.13. The molecule has 0 radical (unpaired) electrons. The third-order valence-corrected chi connectivity index (χ3v) is 2.21. The Balaban J connectivity index is 3.35. The molecule has 0 aliphatic carbocycles. The van der Waals surface area contributed by atoms with E-state index < -0.39 is 13.0 Å². The summed E-state index contributed by atoms with van der Waals surface area (Å²) < 4.78 is 35.8. The number of allylic oxidation sites excluding steroid dienone is 2. The molecule has 0 bridgehead atoms. The fourth-order valence-corrected chi connectivity index (χ4v) is 1.27. The lowest BCUT2D eigenvalue weighted by Gasteiger charge is -2.20. The molecule has 5 heteroatoms. The first-order valence-electron chi connectivity index (χ1n) is 5.51. The van der Waals surface area contributed by atoms with Crippen molar-refractivity contribution in [3.8, 4) is 0 Å². The number of halogens is 3. The highest BCUT2D eigenvalue weighted by molar-refractivity contribution is 6.59. The fourth-order valence-electron chi connectivity index (χ4n) is 1.27. The summed E-state index contributed by atoms with van der Waals surface area (Å²) in [5.74, 6) is 0. The van der Waals surface area contributed by atoms with Gasteiger partial charge in [0.25, 0.3) is 0 Å². The van der Waals surface area contributed by atoms with Crippen LogP contribution in [0.1, 0.15) is 45.4 Å². The Bertz CT molecular complexity index is 180. The third kappa shape index (κ3) is 8.54. The molecule has 0 aromatic rings. The Morgan fingerprint density at radius 1 is 1.13 bits per heavy atom. The Morgan fingerprint density at radius 3 is 2.33 bits per heavy atom. The normalized spacial score (nSPS) is 14.7. The Hall–Kier alpha value is -0.445. The van der Waals surface area contributed by atoms with E-state index in [1.807, 2.05) is 19.1 Å². The highest BCUT2D eigenvalue weighted by Crippen LogP contribution is 2.19.